The second kappa shape index (κ2) is 8.74. The number of carbonyl (C=O) groups is 2. The lowest BCUT2D eigenvalue weighted by Gasteiger charge is -2.16. The Morgan fingerprint density at radius 3 is 2.78 bits per heavy atom. The molecule has 1 aromatic heterocycles. The van der Waals surface area contributed by atoms with Crippen LogP contribution in [0.15, 0.2) is 47.8 Å². The zero-order valence-corrected chi connectivity index (χ0v) is 19.6. The summed E-state index contributed by atoms with van der Waals surface area (Å²) in [6.07, 6.45) is 0.988. The molecule has 0 atom stereocenters. The van der Waals surface area contributed by atoms with Gasteiger partial charge in [0.05, 0.1) is 17.7 Å². The molecular weight excluding hydrogens is 422 g/mol. The molecule has 0 unspecified atom stereocenters. The summed E-state index contributed by atoms with van der Waals surface area (Å²) in [7, 11) is 1.80. The van der Waals surface area contributed by atoms with E-state index in [1.165, 1.54) is 11.3 Å². The van der Waals surface area contributed by atoms with Crippen LogP contribution in [-0.4, -0.2) is 30.5 Å². The summed E-state index contributed by atoms with van der Waals surface area (Å²) in [6.45, 7) is 6.37. The second-order valence-electron chi connectivity index (χ2n) is 8.52. The summed E-state index contributed by atoms with van der Waals surface area (Å²) >= 11 is 1.39. The second-order valence-corrected chi connectivity index (χ2v) is 9.38. The number of nitrogens with one attached hydrogen (secondary N) is 1. The Hall–Kier alpha value is -3.19. The topological polar surface area (TPSA) is 71.5 Å². The van der Waals surface area contributed by atoms with E-state index in [9.17, 15) is 9.59 Å². The number of likely N-dealkylation sites (N-methyl/N-ethyl adjacent to an activating group) is 1. The molecule has 0 spiro atoms. The molecule has 0 saturated carbocycles. The van der Waals surface area contributed by atoms with Crippen LogP contribution >= 0.6 is 11.3 Å². The Labute approximate surface area is 192 Å². The highest BCUT2D eigenvalue weighted by molar-refractivity contribution is 7.14. The third kappa shape index (κ3) is 4.25. The number of aromatic nitrogens is 1. The number of amides is 2. The van der Waals surface area contributed by atoms with Crippen LogP contribution in [0.5, 0.6) is 5.75 Å². The van der Waals surface area contributed by atoms with Gasteiger partial charge in [-0.1, -0.05) is 24.3 Å². The highest BCUT2D eigenvalue weighted by atomic mass is 32.1. The molecule has 0 bridgehead atoms. The zero-order chi connectivity index (χ0) is 22.9. The smallest absolute Gasteiger partial charge is 0.236 e. The van der Waals surface area contributed by atoms with Crippen molar-refractivity contribution in [3.05, 3.63) is 59.0 Å². The highest BCUT2D eigenvalue weighted by Crippen LogP contribution is 2.42. The van der Waals surface area contributed by atoms with Gasteiger partial charge in [-0.25, -0.2) is 4.98 Å². The van der Waals surface area contributed by atoms with Crippen molar-refractivity contribution in [2.45, 2.75) is 39.0 Å². The number of carbonyl (C=O) groups excluding carboxylic acids is 2. The van der Waals surface area contributed by atoms with Gasteiger partial charge in [-0.3, -0.25) is 9.59 Å². The molecule has 3 aromatic rings. The summed E-state index contributed by atoms with van der Waals surface area (Å²) in [5.41, 5.74) is 4.17. The summed E-state index contributed by atoms with van der Waals surface area (Å²) in [4.78, 5) is 31.1. The maximum absolute atomic E-state index is 12.5. The Morgan fingerprint density at radius 2 is 2.00 bits per heavy atom. The van der Waals surface area contributed by atoms with Crippen molar-refractivity contribution >= 4 is 34.0 Å². The van der Waals surface area contributed by atoms with Crippen LogP contribution in [0.3, 0.4) is 0 Å². The van der Waals surface area contributed by atoms with Crippen LogP contribution in [0.1, 0.15) is 37.8 Å². The number of hydrogen-bond donors (Lipinski definition) is 1. The van der Waals surface area contributed by atoms with Crippen LogP contribution in [0.2, 0.25) is 0 Å². The maximum atomic E-state index is 12.5. The van der Waals surface area contributed by atoms with Crippen molar-refractivity contribution in [1.29, 1.82) is 0 Å². The number of para-hydroxylation sites is 1. The predicted molar refractivity (Wildman–Crippen MR) is 129 cm³/mol. The van der Waals surface area contributed by atoms with Crippen molar-refractivity contribution in [3.8, 4) is 17.0 Å². The van der Waals surface area contributed by atoms with E-state index < -0.39 is 5.41 Å². The highest BCUT2D eigenvalue weighted by Gasteiger charge is 2.42. The molecule has 2 heterocycles. The van der Waals surface area contributed by atoms with Gasteiger partial charge < -0.3 is 15.0 Å². The molecule has 6 nitrogen and oxygen atoms in total. The van der Waals surface area contributed by atoms with Crippen LogP contribution in [0, 0.1) is 6.92 Å². The van der Waals surface area contributed by atoms with Crippen LogP contribution in [-0.2, 0) is 15.0 Å². The van der Waals surface area contributed by atoms with Crippen molar-refractivity contribution in [3.63, 3.8) is 0 Å². The number of anilines is 2. The summed E-state index contributed by atoms with van der Waals surface area (Å²) in [6, 6.07) is 13.8. The Balaban J connectivity index is 1.34. The first kappa shape index (κ1) is 22.0. The minimum absolute atomic E-state index is 0.0819. The third-order valence-electron chi connectivity index (χ3n) is 5.82. The number of thiazole rings is 1. The molecule has 4 rings (SSSR count). The predicted octanol–water partition coefficient (Wildman–Crippen LogP) is 5.17. The Bertz CT molecular complexity index is 1170. The molecule has 32 heavy (non-hydrogen) atoms. The zero-order valence-electron chi connectivity index (χ0n) is 18.8. The Kier molecular flexibility index (Phi) is 6.02. The van der Waals surface area contributed by atoms with E-state index in [1.54, 1.807) is 11.9 Å². The number of fused-ring (bicyclic) bond motifs is 1. The van der Waals surface area contributed by atoms with Gasteiger partial charge in [0.25, 0.3) is 0 Å². The lowest BCUT2D eigenvalue weighted by atomic mass is 9.85. The van der Waals surface area contributed by atoms with Gasteiger partial charge in [-0.2, -0.15) is 0 Å². The number of ether oxygens (including phenoxy) is 1. The molecule has 0 aliphatic carbocycles. The first-order chi connectivity index (χ1) is 15.3. The molecule has 1 aliphatic rings. The molecule has 2 aromatic carbocycles. The van der Waals surface area contributed by atoms with E-state index in [4.69, 9.17) is 4.74 Å². The van der Waals surface area contributed by atoms with Gasteiger partial charge >= 0.3 is 0 Å². The fourth-order valence-electron chi connectivity index (χ4n) is 3.91. The fourth-order valence-corrected chi connectivity index (χ4v) is 4.65. The van der Waals surface area contributed by atoms with Crippen molar-refractivity contribution in [2.75, 3.05) is 23.9 Å². The third-order valence-corrected chi connectivity index (χ3v) is 6.57. The van der Waals surface area contributed by atoms with Gasteiger partial charge in [-0.15, -0.1) is 11.3 Å². The summed E-state index contributed by atoms with van der Waals surface area (Å²) in [5.74, 6) is 0.853. The lowest BCUT2D eigenvalue weighted by molar-refractivity contribution is -0.121. The molecule has 0 fully saturated rings. The Morgan fingerprint density at radius 1 is 1.22 bits per heavy atom. The van der Waals surface area contributed by atoms with Crippen molar-refractivity contribution < 1.29 is 14.3 Å². The molecule has 0 saturated heterocycles. The van der Waals surface area contributed by atoms with Gasteiger partial charge in [0.15, 0.2) is 5.13 Å². The molecule has 166 valence electrons. The van der Waals surface area contributed by atoms with Gasteiger partial charge in [0.2, 0.25) is 11.8 Å². The molecule has 2 amide bonds. The summed E-state index contributed by atoms with van der Waals surface area (Å²) < 4.78 is 5.75. The van der Waals surface area contributed by atoms with Crippen molar-refractivity contribution in [1.82, 2.24) is 4.98 Å². The van der Waals surface area contributed by atoms with E-state index in [1.807, 2.05) is 68.6 Å². The van der Waals surface area contributed by atoms with Crippen molar-refractivity contribution in [2.24, 2.45) is 0 Å². The quantitative estimate of drug-likeness (QED) is 0.505. The van der Waals surface area contributed by atoms with Gasteiger partial charge in [-0.05, 0) is 56.5 Å². The molecule has 1 aliphatic heterocycles. The van der Waals surface area contributed by atoms with Crippen LogP contribution in [0.25, 0.3) is 11.3 Å². The number of aryl methyl sites for hydroxylation is 1. The van der Waals surface area contributed by atoms with E-state index in [0.717, 1.165) is 33.8 Å². The lowest BCUT2D eigenvalue weighted by Crippen LogP contribution is -2.33. The molecule has 7 heteroatoms. The minimum Gasteiger partial charge on any atom is -0.493 e. The van der Waals surface area contributed by atoms with E-state index in [2.05, 4.69) is 10.3 Å². The average Bonchev–Trinajstić information content (AvgIpc) is 3.30. The van der Waals surface area contributed by atoms with Crippen LogP contribution in [0.4, 0.5) is 10.8 Å². The molecule has 0 radical (unpaired) electrons. The molecular formula is C25H27N3O3S. The van der Waals surface area contributed by atoms with Gasteiger partial charge in [0.1, 0.15) is 5.75 Å². The first-order valence-corrected chi connectivity index (χ1v) is 11.5. The minimum atomic E-state index is -0.562. The van der Waals surface area contributed by atoms with E-state index in [-0.39, 0.29) is 11.8 Å². The number of hydrogen-bond acceptors (Lipinski definition) is 5. The van der Waals surface area contributed by atoms with Gasteiger partial charge in [0, 0.05) is 30.1 Å². The van der Waals surface area contributed by atoms with E-state index >= 15 is 0 Å². The normalized spacial score (nSPS) is 14.4. The fraction of sp³-hybridized carbons (Fsp3) is 0.320. The largest absolute Gasteiger partial charge is 0.493 e. The molecule has 1 N–H and O–H groups in total. The monoisotopic (exact) mass is 449 g/mol. The maximum Gasteiger partial charge on any atom is 0.236 e. The SMILES string of the molecule is Cc1ccccc1OCCCC(=O)Nc1nc(-c2ccc3c(c2)C(C)(C)C(=O)N3C)cs1. The van der Waals surface area contributed by atoms with Crippen LogP contribution < -0.4 is 15.0 Å². The number of rotatable bonds is 7. The standard InChI is InChI=1S/C25H27N3O3S/c1-16-8-5-6-9-21(16)31-13-7-10-22(29)27-24-26-19(15-32-24)17-11-12-20-18(14-17)25(2,3)23(30)28(20)4/h5-6,8-9,11-12,14-15H,7,10,13H2,1-4H3,(H,26,27,29). The number of nitrogens with zero attached hydrogens (tertiary/aromatic N) is 2. The summed E-state index contributed by atoms with van der Waals surface area (Å²) in [5, 5.41) is 5.37. The first-order valence-electron chi connectivity index (χ1n) is 10.6. The average molecular weight is 450 g/mol. The van der Waals surface area contributed by atoms with E-state index in [0.29, 0.717) is 24.6 Å². The number of benzene rings is 2.